The lowest BCUT2D eigenvalue weighted by Gasteiger charge is -2.34. The zero-order valence-corrected chi connectivity index (χ0v) is 10.8. The summed E-state index contributed by atoms with van der Waals surface area (Å²) in [6.07, 6.45) is 3.10. The zero-order valence-electron chi connectivity index (χ0n) is 10.8. The van der Waals surface area contributed by atoms with Crippen LogP contribution in [0.25, 0.3) is 0 Å². The molecular weight excluding hydrogens is 204 g/mol. The molecule has 0 aromatic rings. The third kappa shape index (κ3) is 4.94. The van der Waals surface area contributed by atoms with Gasteiger partial charge >= 0.3 is 0 Å². The van der Waals surface area contributed by atoms with E-state index in [-0.39, 0.29) is 11.4 Å². The van der Waals surface area contributed by atoms with Gasteiger partial charge in [0.25, 0.3) is 0 Å². The normalized spacial score (nSPS) is 25.0. The Morgan fingerprint density at radius 3 is 2.50 bits per heavy atom. The molecule has 4 nitrogen and oxygen atoms in total. The lowest BCUT2D eigenvalue weighted by atomic mass is 9.89. The van der Waals surface area contributed by atoms with Gasteiger partial charge in [-0.3, -0.25) is 4.79 Å². The molecule has 1 aliphatic carbocycles. The summed E-state index contributed by atoms with van der Waals surface area (Å²) in [6.45, 7) is 6.73. The summed E-state index contributed by atoms with van der Waals surface area (Å²) in [5.74, 6) is 0.114. The maximum Gasteiger partial charge on any atom is 0.221 e. The number of amides is 1. The van der Waals surface area contributed by atoms with E-state index in [0.717, 1.165) is 19.4 Å². The molecule has 0 aromatic heterocycles. The van der Waals surface area contributed by atoms with E-state index in [2.05, 4.69) is 10.6 Å². The molecule has 16 heavy (non-hydrogen) atoms. The zero-order chi connectivity index (χ0) is 12.2. The fourth-order valence-electron chi connectivity index (χ4n) is 1.80. The fourth-order valence-corrected chi connectivity index (χ4v) is 1.80. The molecule has 1 aliphatic rings. The highest BCUT2D eigenvalue weighted by Crippen LogP contribution is 2.22. The van der Waals surface area contributed by atoms with Crippen molar-refractivity contribution in [2.24, 2.45) is 0 Å². The quantitative estimate of drug-likeness (QED) is 0.739. The highest BCUT2D eigenvalue weighted by Gasteiger charge is 2.28. The van der Waals surface area contributed by atoms with Crippen molar-refractivity contribution in [1.82, 2.24) is 10.6 Å². The molecule has 94 valence electrons. The van der Waals surface area contributed by atoms with Gasteiger partial charge < -0.3 is 15.4 Å². The summed E-state index contributed by atoms with van der Waals surface area (Å²) in [5, 5.41) is 6.30. The number of ether oxygens (including phenoxy) is 1. The summed E-state index contributed by atoms with van der Waals surface area (Å²) < 4.78 is 5.19. The Bertz CT molecular complexity index is 230. The van der Waals surface area contributed by atoms with Crippen molar-refractivity contribution in [2.45, 2.75) is 57.7 Å². The van der Waals surface area contributed by atoms with Gasteiger partial charge in [-0.15, -0.1) is 0 Å². The van der Waals surface area contributed by atoms with Crippen LogP contribution >= 0.6 is 0 Å². The molecule has 0 radical (unpaired) electrons. The largest absolute Gasteiger partial charge is 0.381 e. The third-order valence-electron chi connectivity index (χ3n) is 2.73. The lowest BCUT2D eigenvalue weighted by molar-refractivity contribution is -0.122. The first-order chi connectivity index (χ1) is 7.40. The Morgan fingerprint density at radius 2 is 2.00 bits per heavy atom. The lowest BCUT2D eigenvalue weighted by Crippen LogP contribution is -2.47. The van der Waals surface area contributed by atoms with E-state index in [4.69, 9.17) is 4.74 Å². The van der Waals surface area contributed by atoms with Gasteiger partial charge in [0.15, 0.2) is 0 Å². The van der Waals surface area contributed by atoms with Crippen LogP contribution in [0.4, 0.5) is 0 Å². The number of methoxy groups -OCH3 is 1. The number of carbonyl (C=O) groups is 1. The SMILES string of the molecule is COC1CC(NCCC(=O)NC(C)(C)C)C1. The van der Waals surface area contributed by atoms with Gasteiger partial charge in [-0.05, 0) is 33.6 Å². The van der Waals surface area contributed by atoms with Gasteiger partial charge in [-0.25, -0.2) is 0 Å². The molecule has 1 rings (SSSR count). The van der Waals surface area contributed by atoms with Gasteiger partial charge in [-0.1, -0.05) is 0 Å². The fraction of sp³-hybridized carbons (Fsp3) is 0.917. The van der Waals surface area contributed by atoms with Crippen LogP contribution in [0, 0.1) is 0 Å². The Kier molecular flexibility index (Phi) is 4.74. The first-order valence-corrected chi connectivity index (χ1v) is 5.98. The standard InChI is InChI=1S/C12H24N2O2/c1-12(2,3)14-11(15)5-6-13-9-7-10(8-9)16-4/h9-10,13H,5-8H2,1-4H3,(H,14,15). The van der Waals surface area contributed by atoms with Crippen LogP contribution in [0.15, 0.2) is 0 Å². The molecular formula is C12H24N2O2. The molecule has 0 saturated heterocycles. The summed E-state index contributed by atoms with van der Waals surface area (Å²) in [7, 11) is 1.75. The molecule has 0 spiro atoms. The van der Waals surface area contributed by atoms with E-state index in [1.165, 1.54) is 0 Å². The van der Waals surface area contributed by atoms with Crippen molar-refractivity contribution in [3.05, 3.63) is 0 Å². The first-order valence-electron chi connectivity index (χ1n) is 5.98. The van der Waals surface area contributed by atoms with Gasteiger partial charge in [-0.2, -0.15) is 0 Å². The second kappa shape index (κ2) is 5.64. The number of rotatable bonds is 5. The van der Waals surface area contributed by atoms with Crippen molar-refractivity contribution in [2.75, 3.05) is 13.7 Å². The minimum absolute atomic E-state index is 0.114. The topological polar surface area (TPSA) is 50.4 Å². The van der Waals surface area contributed by atoms with Crippen LogP contribution in [0.2, 0.25) is 0 Å². The Hall–Kier alpha value is -0.610. The summed E-state index contributed by atoms with van der Waals surface area (Å²) in [6, 6.07) is 0.535. The van der Waals surface area contributed by atoms with Crippen LogP contribution in [0.1, 0.15) is 40.0 Å². The molecule has 0 atom stereocenters. The van der Waals surface area contributed by atoms with E-state index < -0.39 is 0 Å². The monoisotopic (exact) mass is 228 g/mol. The minimum Gasteiger partial charge on any atom is -0.381 e. The Morgan fingerprint density at radius 1 is 1.38 bits per heavy atom. The average Bonchev–Trinajstić information content (AvgIpc) is 2.05. The van der Waals surface area contributed by atoms with Crippen LogP contribution in [-0.2, 0) is 9.53 Å². The number of hydrogen-bond donors (Lipinski definition) is 2. The second-order valence-electron chi connectivity index (χ2n) is 5.53. The molecule has 0 bridgehead atoms. The predicted octanol–water partition coefficient (Wildman–Crippen LogP) is 1.06. The summed E-state index contributed by atoms with van der Waals surface area (Å²) in [4.78, 5) is 11.5. The van der Waals surface area contributed by atoms with Crippen LogP contribution < -0.4 is 10.6 Å². The number of nitrogens with one attached hydrogen (secondary N) is 2. The van der Waals surface area contributed by atoms with Gasteiger partial charge in [0, 0.05) is 31.7 Å². The van der Waals surface area contributed by atoms with Crippen molar-refractivity contribution in [3.8, 4) is 0 Å². The van der Waals surface area contributed by atoms with E-state index in [1.54, 1.807) is 7.11 Å². The average molecular weight is 228 g/mol. The maximum absolute atomic E-state index is 11.5. The molecule has 0 aliphatic heterocycles. The van der Waals surface area contributed by atoms with Crippen LogP contribution in [0.5, 0.6) is 0 Å². The van der Waals surface area contributed by atoms with Gasteiger partial charge in [0.2, 0.25) is 5.91 Å². The van der Waals surface area contributed by atoms with Crippen molar-refractivity contribution in [1.29, 1.82) is 0 Å². The highest BCUT2D eigenvalue weighted by molar-refractivity contribution is 5.76. The van der Waals surface area contributed by atoms with Crippen molar-refractivity contribution >= 4 is 5.91 Å². The predicted molar refractivity (Wildman–Crippen MR) is 64.3 cm³/mol. The molecule has 1 amide bonds. The molecule has 0 aromatic carbocycles. The number of carbonyl (C=O) groups excluding carboxylic acids is 1. The molecule has 4 heteroatoms. The van der Waals surface area contributed by atoms with E-state index in [0.29, 0.717) is 18.6 Å². The molecule has 0 heterocycles. The Balaban J connectivity index is 2.02. The van der Waals surface area contributed by atoms with Crippen LogP contribution in [0.3, 0.4) is 0 Å². The van der Waals surface area contributed by atoms with E-state index in [1.807, 2.05) is 20.8 Å². The van der Waals surface area contributed by atoms with E-state index in [9.17, 15) is 4.79 Å². The van der Waals surface area contributed by atoms with Crippen molar-refractivity contribution in [3.63, 3.8) is 0 Å². The number of hydrogen-bond acceptors (Lipinski definition) is 3. The minimum atomic E-state index is -0.130. The molecule has 0 unspecified atom stereocenters. The van der Waals surface area contributed by atoms with Gasteiger partial charge in [0.1, 0.15) is 0 Å². The van der Waals surface area contributed by atoms with Crippen molar-refractivity contribution < 1.29 is 9.53 Å². The first kappa shape index (κ1) is 13.5. The molecule has 2 N–H and O–H groups in total. The van der Waals surface area contributed by atoms with Crippen LogP contribution in [-0.4, -0.2) is 37.2 Å². The highest BCUT2D eigenvalue weighted by atomic mass is 16.5. The second-order valence-corrected chi connectivity index (χ2v) is 5.53. The molecule has 1 saturated carbocycles. The Labute approximate surface area is 98.1 Å². The summed E-state index contributed by atoms with van der Waals surface area (Å²) >= 11 is 0. The van der Waals surface area contributed by atoms with E-state index >= 15 is 0 Å². The smallest absolute Gasteiger partial charge is 0.221 e. The summed E-state index contributed by atoms with van der Waals surface area (Å²) in [5.41, 5.74) is -0.130. The third-order valence-corrected chi connectivity index (χ3v) is 2.73. The van der Waals surface area contributed by atoms with Gasteiger partial charge in [0.05, 0.1) is 6.10 Å². The maximum atomic E-state index is 11.5. The molecule has 1 fully saturated rings.